The van der Waals surface area contributed by atoms with Gasteiger partial charge in [0.1, 0.15) is 11.5 Å². The quantitative estimate of drug-likeness (QED) is 0.793. The van der Waals surface area contributed by atoms with Crippen LogP contribution >= 0.6 is 0 Å². The number of benzene rings is 1. The molecule has 2 aromatic rings. The van der Waals surface area contributed by atoms with Crippen molar-refractivity contribution in [2.45, 2.75) is 25.8 Å². The number of hydrogen-bond donors (Lipinski definition) is 1. The highest BCUT2D eigenvalue weighted by molar-refractivity contribution is 5.65. The second kappa shape index (κ2) is 3.46. The van der Waals surface area contributed by atoms with Crippen LogP contribution in [0.2, 0.25) is 0 Å². The molecule has 3 rings (SSSR count). The van der Waals surface area contributed by atoms with Gasteiger partial charge in [0.05, 0.1) is 0 Å². The molecule has 1 aliphatic rings. The van der Waals surface area contributed by atoms with E-state index in [1.165, 1.54) is 5.56 Å². The van der Waals surface area contributed by atoms with E-state index in [-0.39, 0.29) is 6.04 Å². The minimum atomic E-state index is 0.0803. The third-order valence-corrected chi connectivity index (χ3v) is 3.15. The molecule has 1 atom stereocenters. The highest BCUT2D eigenvalue weighted by Gasteiger charge is 2.28. The fraction of sp³-hybridized carbons (Fsp3) is 0.308. The molecule has 0 fully saturated rings. The molecule has 1 aliphatic carbocycles. The molecule has 0 amide bonds. The lowest BCUT2D eigenvalue weighted by Gasteiger charge is -2.04. The molecule has 2 N–H and O–H groups in total. The topological polar surface area (TPSA) is 52.0 Å². The van der Waals surface area contributed by atoms with Crippen LogP contribution in [-0.4, -0.2) is 5.16 Å². The molecule has 82 valence electrons. The zero-order valence-corrected chi connectivity index (χ0v) is 9.23. The van der Waals surface area contributed by atoms with Crippen molar-refractivity contribution in [3.63, 3.8) is 0 Å². The molecule has 0 bridgehead atoms. The van der Waals surface area contributed by atoms with Crippen molar-refractivity contribution >= 4 is 0 Å². The van der Waals surface area contributed by atoms with Crippen LogP contribution < -0.4 is 5.73 Å². The Kier molecular flexibility index (Phi) is 2.07. The summed E-state index contributed by atoms with van der Waals surface area (Å²) in [6.45, 7) is 2.07. The van der Waals surface area contributed by atoms with E-state index >= 15 is 0 Å². The molecule has 0 saturated heterocycles. The molecule has 0 spiro atoms. The Hall–Kier alpha value is -1.61. The van der Waals surface area contributed by atoms with E-state index in [1.54, 1.807) is 0 Å². The van der Waals surface area contributed by atoms with Gasteiger partial charge in [0, 0.05) is 23.6 Å². The van der Waals surface area contributed by atoms with Crippen LogP contribution in [0.5, 0.6) is 0 Å². The molecule has 1 aromatic carbocycles. The second-order valence-corrected chi connectivity index (χ2v) is 4.38. The van der Waals surface area contributed by atoms with Gasteiger partial charge in [-0.2, -0.15) is 0 Å². The van der Waals surface area contributed by atoms with E-state index < -0.39 is 0 Å². The van der Waals surface area contributed by atoms with E-state index in [1.807, 2.05) is 6.07 Å². The first-order chi connectivity index (χ1) is 7.75. The van der Waals surface area contributed by atoms with Gasteiger partial charge in [0.2, 0.25) is 0 Å². The van der Waals surface area contributed by atoms with Crippen LogP contribution in [0.25, 0.3) is 11.3 Å². The van der Waals surface area contributed by atoms with Crippen molar-refractivity contribution in [1.29, 1.82) is 0 Å². The maximum Gasteiger partial charge on any atom is 0.142 e. The standard InChI is InChI=1S/C13H14N2O/c1-8-3-2-4-9(7-8)13-12-10(14)5-6-11(12)16-15-13/h2-4,7,10H,5-6,14H2,1H3. The van der Waals surface area contributed by atoms with E-state index in [0.29, 0.717) is 0 Å². The Morgan fingerprint density at radius 3 is 3.12 bits per heavy atom. The number of hydrogen-bond acceptors (Lipinski definition) is 3. The highest BCUT2D eigenvalue weighted by Crippen LogP contribution is 2.37. The van der Waals surface area contributed by atoms with Crippen molar-refractivity contribution in [2.75, 3.05) is 0 Å². The number of nitrogens with zero attached hydrogens (tertiary/aromatic N) is 1. The van der Waals surface area contributed by atoms with Gasteiger partial charge in [0.15, 0.2) is 0 Å². The lowest BCUT2D eigenvalue weighted by molar-refractivity contribution is 0.388. The summed E-state index contributed by atoms with van der Waals surface area (Å²) in [6.07, 6.45) is 1.88. The first-order valence-electron chi connectivity index (χ1n) is 5.57. The lowest BCUT2D eigenvalue weighted by atomic mass is 10.0. The second-order valence-electron chi connectivity index (χ2n) is 4.38. The SMILES string of the molecule is Cc1cccc(-c2noc3c2C(N)CC3)c1. The highest BCUT2D eigenvalue weighted by atomic mass is 16.5. The molecule has 3 heteroatoms. The van der Waals surface area contributed by atoms with Gasteiger partial charge in [0.25, 0.3) is 0 Å². The fourth-order valence-electron chi connectivity index (χ4n) is 2.33. The Morgan fingerprint density at radius 1 is 1.44 bits per heavy atom. The average molecular weight is 214 g/mol. The maximum atomic E-state index is 6.07. The van der Waals surface area contributed by atoms with Crippen LogP contribution in [0.15, 0.2) is 28.8 Å². The lowest BCUT2D eigenvalue weighted by Crippen LogP contribution is -2.06. The summed E-state index contributed by atoms with van der Waals surface area (Å²) in [5, 5.41) is 4.14. The van der Waals surface area contributed by atoms with Crippen LogP contribution in [-0.2, 0) is 6.42 Å². The van der Waals surface area contributed by atoms with Gasteiger partial charge < -0.3 is 10.3 Å². The molecule has 3 nitrogen and oxygen atoms in total. The number of rotatable bonds is 1. The summed E-state index contributed by atoms with van der Waals surface area (Å²) in [7, 11) is 0. The largest absolute Gasteiger partial charge is 0.360 e. The third kappa shape index (κ3) is 1.36. The van der Waals surface area contributed by atoms with Crippen molar-refractivity contribution < 1.29 is 4.52 Å². The van der Waals surface area contributed by atoms with Gasteiger partial charge in [-0.1, -0.05) is 28.9 Å². The first-order valence-corrected chi connectivity index (χ1v) is 5.57. The summed E-state index contributed by atoms with van der Waals surface area (Å²) < 4.78 is 5.34. The molecule has 0 aliphatic heterocycles. The predicted octanol–water partition coefficient (Wildman–Crippen LogP) is 2.60. The molecular weight excluding hydrogens is 200 g/mol. The van der Waals surface area contributed by atoms with Gasteiger partial charge in [-0.05, 0) is 19.4 Å². The number of nitrogens with two attached hydrogens (primary N) is 1. The van der Waals surface area contributed by atoms with Crippen LogP contribution in [0, 0.1) is 6.92 Å². The third-order valence-electron chi connectivity index (χ3n) is 3.15. The van der Waals surface area contributed by atoms with Gasteiger partial charge >= 0.3 is 0 Å². The summed E-state index contributed by atoms with van der Waals surface area (Å²) in [6, 6.07) is 8.35. The monoisotopic (exact) mass is 214 g/mol. The fourth-order valence-corrected chi connectivity index (χ4v) is 2.33. The van der Waals surface area contributed by atoms with E-state index in [4.69, 9.17) is 10.3 Å². The zero-order valence-electron chi connectivity index (χ0n) is 9.23. The summed E-state index contributed by atoms with van der Waals surface area (Å²) in [4.78, 5) is 0. The van der Waals surface area contributed by atoms with Crippen molar-refractivity contribution in [3.05, 3.63) is 41.2 Å². The summed E-state index contributed by atoms with van der Waals surface area (Å²) in [5.74, 6) is 0.962. The Bertz CT molecular complexity index is 530. The molecule has 16 heavy (non-hydrogen) atoms. The van der Waals surface area contributed by atoms with Crippen LogP contribution in [0.4, 0.5) is 0 Å². The zero-order chi connectivity index (χ0) is 11.1. The number of aryl methyl sites for hydroxylation is 2. The normalized spacial score (nSPS) is 18.8. The van der Waals surface area contributed by atoms with Crippen LogP contribution in [0.1, 0.15) is 29.3 Å². The smallest absolute Gasteiger partial charge is 0.142 e. The molecule has 1 heterocycles. The van der Waals surface area contributed by atoms with Crippen molar-refractivity contribution in [2.24, 2.45) is 5.73 Å². The predicted molar refractivity (Wildman–Crippen MR) is 61.9 cm³/mol. The van der Waals surface area contributed by atoms with Gasteiger partial charge in [-0.25, -0.2) is 0 Å². The van der Waals surface area contributed by atoms with E-state index in [0.717, 1.165) is 35.4 Å². The molecule has 1 unspecified atom stereocenters. The average Bonchev–Trinajstić information content (AvgIpc) is 2.82. The number of fused-ring (bicyclic) bond motifs is 1. The van der Waals surface area contributed by atoms with Crippen molar-refractivity contribution in [3.8, 4) is 11.3 Å². The van der Waals surface area contributed by atoms with E-state index in [2.05, 4.69) is 30.3 Å². The molecule has 0 saturated carbocycles. The molecular formula is C13H14N2O. The molecule has 0 radical (unpaired) electrons. The van der Waals surface area contributed by atoms with Gasteiger partial charge in [-0.15, -0.1) is 0 Å². The Morgan fingerprint density at radius 2 is 2.31 bits per heavy atom. The Balaban J connectivity index is 2.14. The maximum absolute atomic E-state index is 6.07. The molecule has 1 aromatic heterocycles. The van der Waals surface area contributed by atoms with E-state index in [9.17, 15) is 0 Å². The first kappa shape index (κ1) is 9.60. The Labute approximate surface area is 94.2 Å². The number of aromatic nitrogens is 1. The summed E-state index contributed by atoms with van der Waals surface area (Å²) in [5.41, 5.74) is 10.4. The summed E-state index contributed by atoms with van der Waals surface area (Å²) >= 11 is 0. The minimum absolute atomic E-state index is 0.0803. The van der Waals surface area contributed by atoms with Gasteiger partial charge in [-0.3, -0.25) is 0 Å². The van der Waals surface area contributed by atoms with Crippen LogP contribution in [0.3, 0.4) is 0 Å². The minimum Gasteiger partial charge on any atom is -0.360 e. The van der Waals surface area contributed by atoms with Crippen molar-refractivity contribution in [1.82, 2.24) is 5.16 Å².